The zero-order valence-corrected chi connectivity index (χ0v) is 11.1. The molecule has 110 valence electrons. The molecule has 0 unspecified atom stereocenters. The highest BCUT2D eigenvalue weighted by Crippen LogP contribution is 2.26. The second-order valence-corrected chi connectivity index (χ2v) is 4.45. The van der Waals surface area contributed by atoms with Gasteiger partial charge in [0.2, 0.25) is 0 Å². The summed E-state index contributed by atoms with van der Waals surface area (Å²) in [7, 11) is 0. The molecule has 22 heavy (non-hydrogen) atoms. The summed E-state index contributed by atoms with van der Waals surface area (Å²) in [4.78, 5) is 4.30. The molecule has 0 aliphatic carbocycles. The van der Waals surface area contributed by atoms with E-state index in [0.717, 1.165) is 5.52 Å². The smallest absolute Gasteiger partial charge is 0.406 e. The van der Waals surface area contributed by atoms with Gasteiger partial charge in [0.15, 0.2) is 5.82 Å². The Morgan fingerprint density at radius 3 is 2.36 bits per heavy atom. The number of fused-ring (bicyclic) bond motifs is 1. The molecule has 0 bridgehead atoms. The number of rotatable bonds is 2. The average molecular weight is 302 g/mol. The molecule has 0 saturated carbocycles. The maximum atomic E-state index is 12.2. The first kappa shape index (κ1) is 14.0. The van der Waals surface area contributed by atoms with Crippen LogP contribution in [0.3, 0.4) is 0 Å². The molecule has 0 amide bonds. The van der Waals surface area contributed by atoms with Gasteiger partial charge in [-0.2, -0.15) is 0 Å². The SMILES string of the molecule is C#Cc1nc2ccccc2n1-c1ccc(OC(F)(F)F)cc1. The number of nitrogens with zero attached hydrogens (tertiary/aromatic N) is 2. The predicted molar refractivity (Wildman–Crippen MR) is 75.7 cm³/mol. The van der Waals surface area contributed by atoms with Crippen molar-refractivity contribution in [2.45, 2.75) is 6.36 Å². The van der Waals surface area contributed by atoms with Gasteiger partial charge in [-0.15, -0.1) is 19.6 Å². The van der Waals surface area contributed by atoms with Crippen LogP contribution in [-0.2, 0) is 0 Å². The second-order valence-electron chi connectivity index (χ2n) is 4.45. The summed E-state index contributed by atoms with van der Waals surface area (Å²) in [6, 6.07) is 12.8. The van der Waals surface area contributed by atoms with Gasteiger partial charge in [0.25, 0.3) is 0 Å². The Kier molecular flexibility index (Phi) is 3.26. The molecule has 0 radical (unpaired) electrons. The molecule has 1 heterocycles. The lowest BCUT2D eigenvalue weighted by Gasteiger charge is -2.10. The van der Waals surface area contributed by atoms with Crippen molar-refractivity contribution >= 4 is 11.0 Å². The summed E-state index contributed by atoms with van der Waals surface area (Å²) < 4.78 is 42.1. The predicted octanol–water partition coefficient (Wildman–Crippen LogP) is 3.91. The normalized spacial score (nSPS) is 11.4. The van der Waals surface area contributed by atoms with E-state index in [1.54, 1.807) is 4.57 Å². The molecule has 0 N–H and O–H groups in total. The van der Waals surface area contributed by atoms with Gasteiger partial charge in [-0.1, -0.05) is 12.1 Å². The summed E-state index contributed by atoms with van der Waals surface area (Å²) in [5.74, 6) is 2.57. The molecule has 3 aromatic rings. The van der Waals surface area contributed by atoms with Crippen molar-refractivity contribution < 1.29 is 17.9 Å². The molecule has 3 nitrogen and oxygen atoms in total. The van der Waals surface area contributed by atoms with E-state index in [9.17, 15) is 13.2 Å². The molecular weight excluding hydrogens is 293 g/mol. The number of halogens is 3. The molecule has 3 rings (SSSR count). The van der Waals surface area contributed by atoms with Crippen LogP contribution < -0.4 is 4.74 Å². The van der Waals surface area contributed by atoms with E-state index < -0.39 is 6.36 Å². The van der Waals surface area contributed by atoms with E-state index in [0.29, 0.717) is 17.0 Å². The van der Waals surface area contributed by atoms with Crippen molar-refractivity contribution in [3.8, 4) is 23.8 Å². The fourth-order valence-electron chi connectivity index (χ4n) is 2.18. The Bertz CT molecular complexity index is 858. The van der Waals surface area contributed by atoms with Crippen LogP contribution in [0.2, 0.25) is 0 Å². The molecule has 0 atom stereocenters. The first-order valence-electron chi connectivity index (χ1n) is 6.28. The zero-order valence-electron chi connectivity index (χ0n) is 11.1. The lowest BCUT2D eigenvalue weighted by molar-refractivity contribution is -0.274. The molecular formula is C16H9F3N2O. The number of aromatic nitrogens is 2. The lowest BCUT2D eigenvalue weighted by atomic mass is 10.2. The molecule has 2 aromatic carbocycles. The summed E-state index contributed by atoms with van der Waals surface area (Å²) in [5, 5.41) is 0. The number of benzene rings is 2. The molecule has 0 aliphatic rings. The fourth-order valence-corrected chi connectivity index (χ4v) is 2.18. The Hall–Kier alpha value is -2.94. The highest BCUT2D eigenvalue weighted by molar-refractivity contribution is 5.79. The fraction of sp³-hybridized carbons (Fsp3) is 0.0625. The Morgan fingerprint density at radius 2 is 1.73 bits per heavy atom. The van der Waals surface area contributed by atoms with Crippen LogP contribution in [0, 0.1) is 12.3 Å². The largest absolute Gasteiger partial charge is 0.573 e. The van der Waals surface area contributed by atoms with Crippen LogP contribution >= 0.6 is 0 Å². The first-order valence-corrected chi connectivity index (χ1v) is 6.28. The van der Waals surface area contributed by atoms with E-state index in [4.69, 9.17) is 6.42 Å². The van der Waals surface area contributed by atoms with Crippen molar-refractivity contribution in [1.29, 1.82) is 0 Å². The van der Waals surface area contributed by atoms with Crippen LogP contribution in [-0.4, -0.2) is 15.9 Å². The molecule has 1 aromatic heterocycles. The van der Waals surface area contributed by atoms with Crippen molar-refractivity contribution in [3.63, 3.8) is 0 Å². The maximum absolute atomic E-state index is 12.2. The van der Waals surface area contributed by atoms with Crippen LogP contribution in [0.1, 0.15) is 5.82 Å². The number of hydrogen-bond acceptors (Lipinski definition) is 2. The van der Waals surface area contributed by atoms with Crippen LogP contribution in [0.5, 0.6) is 5.75 Å². The van der Waals surface area contributed by atoms with Gasteiger partial charge in [-0.25, -0.2) is 4.98 Å². The summed E-state index contributed by atoms with van der Waals surface area (Å²) >= 11 is 0. The highest BCUT2D eigenvalue weighted by Gasteiger charge is 2.31. The van der Waals surface area contributed by atoms with E-state index in [2.05, 4.69) is 15.6 Å². The van der Waals surface area contributed by atoms with Gasteiger partial charge in [0, 0.05) is 5.69 Å². The number of terminal acetylenes is 1. The first-order chi connectivity index (χ1) is 10.5. The standard InChI is InChI=1S/C16H9F3N2O/c1-2-15-20-13-5-3-4-6-14(13)21(15)11-7-9-12(10-8-11)22-16(17,18)19/h1,3-10H. The Balaban J connectivity index is 2.06. The van der Waals surface area contributed by atoms with E-state index in [-0.39, 0.29) is 5.75 Å². The van der Waals surface area contributed by atoms with Gasteiger partial charge in [-0.05, 0) is 42.3 Å². The summed E-state index contributed by atoms with van der Waals surface area (Å²) in [6.45, 7) is 0. The topological polar surface area (TPSA) is 27.1 Å². The van der Waals surface area contributed by atoms with Crippen molar-refractivity contribution in [1.82, 2.24) is 9.55 Å². The van der Waals surface area contributed by atoms with Crippen molar-refractivity contribution in [3.05, 3.63) is 54.4 Å². The molecule has 0 saturated heterocycles. The number of alkyl halides is 3. The molecule has 0 aliphatic heterocycles. The zero-order chi connectivity index (χ0) is 15.7. The maximum Gasteiger partial charge on any atom is 0.573 e. The minimum atomic E-state index is -4.72. The number of imidazole rings is 1. The molecule has 0 spiro atoms. The summed E-state index contributed by atoms with van der Waals surface area (Å²) in [5.41, 5.74) is 2.10. The van der Waals surface area contributed by atoms with Gasteiger partial charge < -0.3 is 4.74 Å². The molecule has 0 fully saturated rings. The third-order valence-corrected chi connectivity index (χ3v) is 3.02. The monoisotopic (exact) mass is 302 g/mol. The number of hydrogen-bond donors (Lipinski definition) is 0. The lowest BCUT2D eigenvalue weighted by Crippen LogP contribution is -2.17. The van der Waals surface area contributed by atoms with Gasteiger partial charge >= 0.3 is 6.36 Å². The highest BCUT2D eigenvalue weighted by atomic mass is 19.4. The second kappa shape index (κ2) is 5.11. The van der Waals surface area contributed by atoms with Gasteiger partial charge in [-0.3, -0.25) is 4.57 Å². The minimum absolute atomic E-state index is 0.289. The van der Waals surface area contributed by atoms with Crippen molar-refractivity contribution in [2.24, 2.45) is 0 Å². The third kappa shape index (κ3) is 2.61. The number of para-hydroxylation sites is 2. The van der Waals surface area contributed by atoms with Gasteiger partial charge in [0.1, 0.15) is 5.75 Å². The Labute approximate surface area is 124 Å². The van der Waals surface area contributed by atoms with Gasteiger partial charge in [0.05, 0.1) is 11.0 Å². The van der Waals surface area contributed by atoms with Crippen molar-refractivity contribution in [2.75, 3.05) is 0 Å². The van der Waals surface area contributed by atoms with Crippen LogP contribution in [0.25, 0.3) is 16.7 Å². The minimum Gasteiger partial charge on any atom is -0.406 e. The van der Waals surface area contributed by atoms with E-state index >= 15 is 0 Å². The summed E-state index contributed by atoms with van der Waals surface area (Å²) in [6.07, 6.45) is 0.743. The average Bonchev–Trinajstić information content (AvgIpc) is 2.85. The quantitative estimate of drug-likeness (QED) is 0.671. The van der Waals surface area contributed by atoms with E-state index in [1.165, 1.54) is 24.3 Å². The Morgan fingerprint density at radius 1 is 1.05 bits per heavy atom. The number of ether oxygens (including phenoxy) is 1. The molecule has 6 heteroatoms. The third-order valence-electron chi connectivity index (χ3n) is 3.02. The van der Waals surface area contributed by atoms with Crippen LogP contribution in [0.4, 0.5) is 13.2 Å². The van der Waals surface area contributed by atoms with E-state index in [1.807, 2.05) is 24.3 Å². The van der Waals surface area contributed by atoms with Crippen LogP contribution in [0.15, 0.2) is 48.5 Å².